The van der Waals surface area contributed by atoms with Gasteiger partial charge in [-0.15, -0.1) is 12.4 Å². The minimum absolute atomic E-state index is 0. The summed E-state index contributed by atoms with van der Waals surface area (Å²) in [5, 5.41) is 2.84. The highest BCUT2D eigenvalue weighted by atomic mass is 35.5. The van der Waals surface area contributed by atoms with Crippen molar-refractivity contribution >= 4 is 24.2 Å². The van der Waals surface area contributed by atoms with E-state index in [9.17, 15) is 9.59 Å². The maximum atomic E-state index is 12.0. The Kier molecular flexibility index (Phi) is 7.91. The van der Waals surface area contributed by atoms with Gasteiger partial charge in [-0.25, -0.2) is 0 Å². The zero-order valence-corrected chi connectivity index (χ0v) is 13.5. The van der Waals surface area contributed by atoms with Crippen molar-refractivity contribution in [3.8, 4) is 0 Å². The normalized spacial score (nSPS) is 17.0. The fourth-order valence-electron chi connectivity index (χ4n) is 2.54. The lowest BCUT2D eigenvalue weighted by Gasteiger charge is -2.16. The second-order valence-electron chi connectivity index (χ2n) is 5.46. The van der Waals surface area contributed by atoms with E-state index in [0.717, 1.165) is 19.5 Å². The molecular formula is C16H24ClN3O2. The average molecular weight is 326 g/mol. The van der Waals surface area contributed by atoms with Crippen LogP contribution in [0, 0.1) is 5.92 Å². The van der Waals surface area contributed by atoms with Crippen LogP contribution in [0.3, 0.4) is 0 Å². The van der Waals surface area contributed by atoms with Crippen molar-refractivity contribution in [3.63, 3.8) is 0 Å². The van der Waals surface area contributed by atoms with Gasteiger partial charge in [-0.2, -0.15) is 0 Å². The van der Waals surface area contributed by atoms with Gasteiger partial charge in [-0.1, -0.05) is 18.2 Å². The van der Waals surface area contributed by atoms with Crippen molar-refractivity contribution in [2.75, 3.05) is 26.2 Å². The number of hydrogen-bond donors (Lipinski definition) is 2. The molecule has 1 aliphatic rings. The minimum atomic E-state index is -0.0904. The molecule has 0 radical (unpaired) electrons. The van der Waals surface area contributed by atoms with Gasteiger partial charge in [0.15, 0.2) is 0 Å². The molecule has 6 heteroatoms. The molecular weight excluding hydrogens is 302 g/mol. The molecule has 1 aliphatic heterocycles. The summed E-state index contributed by atoms with van der Waals surface area (Å²) in [6.07, 6.45) is 2.15. The summed E-state index contributed by atoms with van der Waals surface area (Å²) < 4.78 is 0. The summed E-state index contributed by atoms with van der Waals surface area (Å²) >= 11 is 0. The molecule has 2 rings (SSSR count). The summed E-state index contributed by atoms with van der Waals surface area (Å²) in [5.74, 6) is 0.527. The summed E-state index contributed by atoms with van der Waals surface area (Å²) in [4.78, 5) is 25.7. The Morgan fingerprint density at radius 2 is 2.00 bits per heavy atom. The van der Waals surface area contributed by atoms with Crippen LogP contribution in [0.5, 0.6) is 0 Å². The molecule has 1 unspecified atom stereocenters. The highest BCUT2D eigenvalue weighted by Crippen LogP contribution is 2.15. The fraction of sp³-hybridized carbons (Fsp3) is 0.500. The molecule has 5 nitrogen and oxygen atoms in total. The van der Waals surface area contributed by atoms with E-state index in [1.807, 2.05) is 23.1 Å². The molecule has 0 aliphatic carbocycles. The summed E-state index contributed by atoms with van der Waals surface area (Å²) in [5.41, 5.74) is 6.27. The second kappa shape index (κ2) is 9.43. The predicted molar refractivity (Wildman–Crippen MR) is 89.0 cm³/mol. The molecule has 2 amide bonds. The molecule has 0 spiro atoms. The van der Waals surface area contributed by atoms with E-state index in [1.54, 1.807) is 12.1 Å². The Balaban J connectivity index is 0.00000242. The smallest absolute Gasteiger partial charge is 0.251 e. The zero-order chi connectivity index (χ0) is 15.1. The third kappa shape index (κ3) is 5.31. The molecule has 1 fully saturated rings. The van der Waals surface area contributed by atoms with Crippen molar-refractivity contribution in [2.24, 2.45) is 11.7 Å². The predicted octanol–water partition coefficient (Wildman–Crippen LogP) is 1.43. The van der Waals surface area contributed by atoms with Gasteiger partial charge in [0.1, 0.15) is 0 Å². The number of nitrogens with two attached hydrogens (primary N) is 1. The standard InChI is InChI=1S/C16H23N3O2.ClH/c17-11-13-8-10-19(12-13)15(20)7-4-9-18-16(21)14-5-2-1-3-6-14;/h1-3,5-6,13H,4,7-12,17H2,(H,18,21);1H. The summed E-state index contributed by atoms with van der Waals surface area (Å²) in [6, 6.07) is 9.09. The number of carbonyl (C=O) groups excluding carboxylic acids is 2. The maximum Gasteiger partial charge on any atom is 0.251 e. The van der Waals surface area contributed by atoms with E-state index in [1.165, 1.54) is 0 Å². The summed E-state index contributed by atoms with van der Waals surface area (Å²) in [6.45, 7) is 2.77. The van der Waals surface area contributed by atoms with Crippen molar-refractivity contribution in [1.29, 1.82) is 0 Å². The molecule has 0 saturated carbocycles. The van der Waals surface area contributed by atoms with Gasteiger partial charge in [0.05, 0.1) is 0 Å². The van der Waals surface area contributed by atoms with Gasteiger partial charge in [-0.05, 0) is 37.4 Å². The first kappa shape index (κ1) is 18.5. The number of amides is 2. The third-order valence-corrected chi connectivity index (χ3v) is 3.86. The largest absolute Gasteiger partial charge is 0.352 e. The number of hydrogen-bond acceptors (Lipinski definition) is 3. The number of likely N-dealkylation sites (tertiary alicyclic amines) is 1. The van der Waals surface area contributed by atoms with Crippen LogP contribution in [0.25, 0.3) is 0 Å². The third-order valence-electron chi connectivity index (χ3n) is 3.86. The number of rotatable bonds is 6. The van der Waals surface area contributed by atoms with E-state index in [2.05, 4.69) is 5.32 Å². The van der Waals surface area contributed by atoms with Crippen molar-refractivity contribution in [3.05, 3.63) is 35.9 Å². The van der Waals surface area contributed by atoms with E-state index in [0.29, 0.717) is 37.4 Å². The van der Waals surface area contributed by atoms with E-state index in [4.69, 9.17) is 5.73 Å². The lowest BCUT2D eigenvalue weighted by atomic mass is 10.1. The van der Waals surface area contributed by atoms with Crippen LogP contribution in [0.2, 0.25) is 0 Å². The number of halogens is 1. The van der Waals surface area contributed by atoms with Crippen molar-refractivity contribution < 1.29 is 9.59 Å². The van der Waals surface area contributed by atoms with Gasteiger partial charge in [-0.3, -0.25) is 9.59 Å². The Morgan fingerprint density at radius 3 is 2.64 bits per heavy atom. The molecule has 1 heterocycles. The Bertz CT molecular complexity index is 482. The second-order valence-corrected chi connectivity index (χ2v) is 5.46. The Hall–Kier alpha value is -1.59. The summed E-state index contributed by atoms with van der Waals surface area (Å²) in [7, 11) is 0. The molecule has 1 atom stereocenters. The maximum absolute atomic E-state index is 12.0. The Labute approximate surface area is 137 Å². The fourth-order valence-corrected chi connectivity index (χ4v) is 2.54. The molecule has 1 aromatic carbocycles. The first-order valence-electron chi connectivity index (χ1n) is 7.52. The lowest BCUT2D eigenvalue weighted by molar-refractivity contribution is -0.130. The molecule has 0 bridgehead atoms. The molecule has 1 saturated heterocycles. The average Bonchev–Trinajstić information content (AvgIpc) is 3.01. The highest BCUT2D eigenvalue weighted by molar-refractivity contribution is 5.94. The molecule has 0 aromatic heterocycles. The number of benzene rings is 1. The van der Waals surface area contributed by atoms with Gasteiger partial charge < -0.3 is 16.0 Å². The highest BCUT2D eigenvalue weighted by Gasteiger charge is 2.24. The minimum Gasteiger partial charge on any atom is -0.352 e. The number of carbonyl (C=O) groups is 2. The number of nitrogens with one attached hydrogen (secondary N) is 1. The lowest BCUT2D eigenvalue weighted by Crippen LogP contribution is -2.31. The zero-order valence-electron chi connectivity index (χ0n) is 12.7. The van der Waals surface area contributed by atoms with Crippen LogP contribution in [0.4, 0.5) is 0 Å². The van der Waals surface area contributed by atoms with Crippen LogP contribution in [-0.4, -0.2) is 42.9 Å². The molecule has 22 heavy (non-hydrogen) atoms. The molecule has 1 aromatic rings. The van der Waals surface area contributed by atoms with Gasteiger partial charge in [0.25, 0.3) is 5.91 Å². The van der Waals surface area contributed by atoms with Crippen molar-refractivity contribution in [2.45, 2.75) is 19.3 Å². The van der Waals surface area contributed by atoms with Crippen LogP contribution >= 0.6 is 12.4 Å². The van der Waals surface area contributed by atoms with Crippen LogP contribution in [0.15, 0.2) is 30.3 Å². The van der Waals surface area contributed by atoms with E-state index < -0.39 is 0 Å². The van der Waals surface area contributed by atoms with Crippen LogP contribution < -0.4 is 11.1 Å². The molecule has 122 valence electrons. The van der Waals surface area contributed by atoms with E-state index in [-0.39, 0.29) is 24.2 Å². The Morgan fingerprint density at radius 1 is 1.27 bits per heavy atom. The first-order valence-corrected chi connectivity index (χ1v) is 7.52. The SMILES string of the molecule is Cl.NCC1CCN(C(=O)CCCNC(=O)c2ccccc2)C1. The van der Waals surface area contributed by atoms with Crippen molar-refractivity contribution in [1.82, 2.24) is 10.2 Å². The monoisotopic (exact) mass is 325 g/mol. The van der Waals surface area contributed by atoms with Gasteiger partial charge >= 0.3 is 0 Å². The van der Waals surface area contributed by atoms with Crippen LogP contribution in [-0.2, 0) is 4.79 Å². The van der Waals surface area contributed by atoms with Gasteiger partial charge in [0.2, 0.25) is 5.91 Å². The van der Waals surface area contributed by atoms with Gasteiger partial charge in [0, 0.05) is 31.6 Å². The first-order chi connectivity index (χ1) is 10.2. The van der Waals surface area contributed by atoms with Crippen LogP contribution in [0.1, 0.15) is 29.6 Å². The number of nitrogens with zero attached hydrogens (tertiary/aromatic N) is 1. The van der Waals surface area contributed by atoms with E-state index >= 15 is 0 Å². The molecule has 3 N–H and O–H groups in total. The quantitative estimate of drug-likeness (QED) is 0.777. The topological polar surface area (TPSA) is 75.4 Å².